The highest BCUT2D eigenvalue weighted by Crippen LogP contribution is 2.23. The van der Waals surface area contributed by atoms with Crippen molar-refractivity contribution in [2.75, 3.05) is 31.5 Å². The number of hydrogen-bond acceptors (Lipinski definition) is 4. The molecule has 1 aliphatic rings. The van der Waals surface area contributed by atoms with Crippen LogP contribution < -0.4 is 10.6 Å². The van der Waals surface area contributed by atoms with Crippen molar-refractivity contribution in [2.24, 2.45) is 0 Å². The van der Waals surface area contributed by atoms with Crippen LogP contribution in [0.4, 0.5) is 10.5 Å². The molecule has 1 aromatic carbocycles. The zero-order chi connectivity index (χ0) is 17.6. The Hall–Kier alpha value is -2.18. The van der Waals surface area contributed by atoms with E-state index in [0.717, 1.165) is 61.2 Å². The predicted octanol–water partition coefficient (Wildman–Crippen LogP) is 2.38. The fourth-order valence-corrected chi connectivity index (χ4v) is 3.15. The summed E-state index contributed by atoms with van der Waals surface area (Å²) in [5.41, 5.74) is 2.64. The lowest BCUT2D eigenvalue weighted by atomic mass is 10.1. The van der Waals surface area contributed by atoms with Gasteiger partial charge in [0.25, 0.3) is 0 Å². The predicted molar refractivity (Wildman–Crippen MR) is 99.8 cm³/mol. The number of likely N-dealkylation sites (tertiary alicyclic amines) is 1. The number of fused-ring (bicyclic) bond motifs is 1. The molecule has 0 atom stereocenters. The number of para-hydroxylation sites is 1. The van der Waals surface area contributed by atoms with Crippen LogP contribution in [0.25, 0.3) is 10.9 Å². The van der Waals surface area contributed by atoms with Crippen molar-refractivity contribution < 1.29 is 9.90 Å². The van der Waals surface area contributed by atoms with Crippen LogP contribution in [-0.2, 0) is 6.42 Å². The van der Waals surface area contributed by atoms with Crippen LogP contribution in [0.5, 0.6) is 0 Å². The number of aromatic nitrogens is 1. The number of rotatable bonds is 5. The number of amides is 2. The fraction of sp³-hybridized carbons (Fsp3) is 0.474. The van der Waals surface area contributed by atoms with Gasteiger partial charge in [0.15, 0.2) is 0 Å². The summed E-state index contributed by atoms with van der Waals surface area (Å²) in [6.45, 7) is 5.22. The number of nitrogens with one attached hydrogen (secondary N) is 2. The number of hydrogen-bond donors (Lipinski definition) is 3. The van der Waals surface area contributed by atoms with E-state index in [0.29, 0.717) is 6.54 Å². The summed E-state index contributed by atoms with van der Waals surface area (Å²) in [5.74, 6) is 0. The van der Waals surface area contributed by atoms with Gasteiger partial charge in [-0.05, 0) is 31.4 Å². The highest BCUT2D eigenvalue weighted by Gasteiger charge is 2.16. The smallest absolute Gasteiger partial charge is 0.319 e. The molecule has 3 N–H and O–H groups in total. The molecule has 0 spiro atoms. The van der Waals surface area contributed by atoms with Gasteiger partial charge in [-0.25, -0.2) is 4.79 Å². The van der Waals surface area contributed by atoms with E-state index >= 15 is 0 Å². The van der Waals surface area contributed by atoms with Crippen molar-refractivity contribution >= 4 is 22.6 Å². The number of aryl methyl sites for hydroxylation is 1. The van der Waals surface area contributed by atoms with Crippen LogP contribution in [0.2, 0.25) is 0 Å². The number of aliphatic hydroxyl groups excluding tert-OH is 1. The van der Waals surface area contributed by atoms with E-state index in [1.54, 1.807) is 0 Å². The first-order chi connectivity index (χ1) is 12.2. The van der Waals surface area contributed by atoms with Crippen molar-refractivity contribution in [3.63, 3.8) is 0 Å². The molecule has 0 saturated carbocycles. The van der Waals surface area contributed by atoms with Crippen molar-refractivity contribution in [3.8, 4) is 0 Å². The van der Waals surface area contributed by atoms with Gasteiger partial charge < -0.3 is 20.6 Å². The third-order valence-corrected chi connectivity index (χ3v) is 4.65. The zero-order valence-corrected chi connectivity index (χ0v) is 14.7. The monoisotopic (exact) mass is 342 g/mol. The Bertz CT molecular complexity index is 726. The Morgan fingerprint density at radius 2 is 2.08 bits per heavy atom. The highest BCUT2D eigenvalue weighted by atomic mass is 16.3. The molecule has 0 unspecified atom stereocenters. The maximum absolute atomic E-state index is 12.2. The molecule has 2 aromatic rings. The Morgan fingerprint density at radius 1 is 1.32 bits per heavy atom. The number of benzene rings is 1. The van der Waals surface area contributed by atoms with Crippen molar-refractivity contribution in [1.29, 1.82) is 0 Å². The second-order valence-corrected chi connectivity index (χ2v) is 6.49. The third-order valence-electron chi connectivity index (χ3n) is 4.65. The van der Waals surface area contributed by atoms with Crippen LogP contribution in [0, 0.1) is 0 Å². The Morgan fingerprint density at radius 3 is 2.84 bits per heavy atom. The number of nitrogens with zero attached hydrogens (tertiary/aromatic N) is 2. The Labute approximate surface area is 148 Å². The third kappa shape index (κ3) is 4.67. The maximum atomic E-state index is 12.2. The summed E-state index contributed by atoms with van der Waals surface area (Å²) in [6.07, 6.45) is 2.28. The molecule has 0 aliphatic carbocycles. The molecule has 1 aliphatic heterocycles. The van der Waals surface area contributed by atoms with E-state index in [9.17, 15) is 9.90 Å². The first kappa shape index (κ1) is 17.6. The summed E-state index contributed by atoms with van der Waals surface area (Å²) < 4.78 is 0. The van der Waals surface area contributed by atoms with Gasteiger partial charge in [0, 0.05) is 37.3 Å². The molecule has 3 rings (SSSR count). The number of urea groups is 1. The molecular weight excluding hydrogens is 316 g/mol. The van der Waals surface area contributed by atoms with E-state index in [1.165, 1.54) is 0 Å². The van der Waals surface area contributed by atoms with Gasteiger partial charge in [-0.3, -0.25) is 4.98 Å². The van der Waals surface area contributed by atoms with Gasteiger partial charge in [0.2, 0.25) is 0 Å². The van der Waals surface area contributed by atoms with E-state index in [2.05, 4.69) is 27.4 Å². The largest absolute Gasteiger partial charge is 0.393 e. The van der Waals surface area contributed by atoms with Crippen LogP contribution in [-0.4, -0.2) is 53.3 Å². The van der Waals surface area contributed by atoms with Gasteiger partial charge in [0.05, 0.1) is 17.3 Å². The summed E-state index contributed by atoms with van der Waals surface area (Å²) in [5, 5.41) is 16.3. The number of aliphatic hydroxyl groups is 1. The molecule has 1 aromatic heterocycles. The van der Waals surface area contributed by atoms with Gasteiger partial charge in [0.1, 0.15) is 0 Å². The number of piperidine rings is 1. The summed E-state index contributed by atoms with van der Waals surface area (Å²) in [6, 6.07) is 9.57. The summed E-state index contributed by atoms with van der Waals surface area (Å²) in [7, 11) is 0. The Kier molecular flexibility index (Phi) is 5.83. The van der Waals surface area contributed by atoms with Crippen molar-refractivity contribution in [1.82, 2.24) is 15.2 Å². The maximum Gasteiger partial charge on any atom is 0.319 e. The molecule has 2 amide bonds. The molecule has 134 valence electrons. The average Bonchev–Trinajstić information content (AvgIpc) is 2.63. The molecule has 2 heterocycles. The van der Waals surface area contributed by atoms with E-state index in [1.807, 2.05) is 30.3 Å². The van der Waals surface area contributed by atoms with Gasteiger partial charge in [-0.1, -0.05) is 25.1 Å². The van der Waals surface area contributed by atoms with E-state index in [4.69, 9.17) is 0 Å². The molecule has 1 fully saturated rings. The lowest BCUT2D eigenvalue weighted by Crippen LogP contribution is -2.41. The molecule has 25 heavy (non-hydrogen) atoms. The van der Waals surface area contributed by atoms with Crippen LogP contribution in [0.15, 0.2) is 30.3 Å². The van der Waals surface area contributed by atoms with E-state index < -0.39 is 0 Å². The van der Waals surface area contributed by atoms with Crippen LogP contribution in [0.3, 0.4) is 0 Å². The normalized spacial score (nSPS) is 16.1. The fourth-order valence-electron chi connectivity index (χ4n) is 3.15. The number of carbonyl (C=O) groups is 1. The highest BCUT2D eigenvalue weighted by molar-refractivity contribution is 6.00. The SMILES string of the molecule is CCc1cc(NC(=O)NCCN2CCC(O)CC2)c2ccccc2n1. The molecule has 0 bridgehead atoms. The number of pyridine rings is 1. The first-order valence-electron chi connectivity index (χ1n) is 8.99. The van der Waals surface area contributed by atoms with E-state index in [-0.39, 0.29) is 12.1 Å². The van der Waals surface area contributed by atoms with Gasteiger partial charge in [-0.15, -0.1) is 0 Å². The van der Waals surface area contributed by atoms with Crippen LogP contribution >= 0.6 is 0 Å². The lowest BCUT2D eigenvalue weighted by molar-refractivity contribution is 0.0833. The molecule has 6 heteroatoms. The molecule has 6 nitrogen and oxygen atoms in total. The average molecular weight is 342 g/mol. The summed E-state index contributed by atoms with van der Waals surface area (Å²) >= 11 is 0. The van der Waals surface area contributed by atoms with Gasteiger partial charge >= 0.3 is 6.03 Å². The number of anilines is 1. The summed E-state index contributed by atoms with van der Waals surface area (Å²) in [4.78, 5) is 19.1. The second kappa shape index (κ2) is 8.27. The zero-order valence-electron chi connectivity index (χ0n) is 14.7. The minimum atomic E-state index is -0.199. The molecular formula is C19H26N4O2. The Balaban J connectivity index is 1.56. The van der Waals surface area contributed by atoms with Gasteiger partial charge in [-0.2, -0.15) is 0 Å². The standard InChI is InChI=1S/C19H26N4O2/c1-2-14-13-18(16-5-3-4-6-17(16)21-14)22-19(25)20-9-12-23-10-7-15(24)8-11-23/h3-6,13,15,24H,2,7-12H2,1H3,(H2,20,21,22,25). The minimum absolute atomic E-state index is 0.166. The topological polar surface area (TPSA) is 77.5 Å². The molecule has 1 saturated heterocycles. The minimum Gasteiger partial charge on any atom is -0.393 e. The van der Waals surface area contributed by atoms with Crippen molar-refractivity contribution in [2.45, 2.75) is 32.3 Å². The quantitative estimate of drug-likeness (QED) is 0.780. The second-order valence-electron chi connectivity index (χ2n) is 6.49. The molecule has 0 radical (unpaired) electrons. The van der Waals surface area contributed by atoms with Crippen LogP contribution in [0.1, 0.15) is 25.5 Å². The number of carbonyl (C=O) groups excluding carboxylic acids is 1. The van der Waals surface area contributed by atoms with Crippen molar-refractivity contribution in [3.05, 3.63) is 36.0 Å². The first-order valence-corrected chi connectivity index (χ1v) is 8.99. The lowest BCUT2D eigenvalue weighted by Gasteiger charge is -2.29.